The zero-order chi connectivity index (χ0) is 23.8. The van der Waals surface area contributed by atoms with Crippen LogP contribution < -0.4 is 14.8 Å². The van der Waals surface area contributed by atoms with Crippen LogP contribution in [-0.4, -0.2) is 12.5 Å². The van der Waals surface area contributed by atoms with Crippen molar-refractivity contribution in [1.82, 2.24) is 0 Å². The fourth-order valence-corrected chi connectivity index (χ4v) is 3.94. The van der Waals surface area contributed by atoms with Crippen LogP contribution in [0.3, 0.4) is 0 Å². The molecule has 0 radical (unpaired) electrons. The van der Waals surface area contributed by atoms with Crippen LogP contribution in [0.1, 0.15) is 30.4 Å². The number of rotatable bonds is 9. The Labute approximate surface area is 205 Å². The monoisotopic (exact) mass is 471 g/mol. The summed E-state index contributed by atoms with van der Waals surface area (Å²) >= 11 is 6.23. The highest BCUT2D eigenvalue weighted by atomic mass is 35.5. The van der Waals surface area contributed by atoms with Crippen LogP contribution in [0.15, 0.2) is 103 Å². The summed E-state index contributed by atoms with van der Waals surface area (Å²) < 4.78 is 11.5. The van der Waals surface area contributed by atoms with Gasteiger partial charge in [-0.2, -0.15) is 0 Å². The maximum Gasteiger partial charge on any atom is 0.225 e. The number of hydrogen-bond acceptors (Lipinski definition) is 3. The van der Waals surface area contributed by atoms with Crippen molar-refractivity contribution in [1.29, 1.82) is 0 Å². The van der Waals surface area contributed by atoms with E-state index in [1.165, 1.54) is 0 Å². The Kier molecular flexibility index (Phi) is 7.84. The first-order valence-electron chi connectivity index (χ1n) is 11.2. The summed E-state index contributed by atoms with van der Waals surface area (Å²) in [6.07, 6.45) is 0.281. The third-order valence-corrected chi connectivity index (χ3v) is 5.61. The zero-order valence-electron chi connectivity index (χ0n) is 18.9. The molecular formula is C29H26ClNO3. The van der Waals surface area contributed by atoms with E-state index in [0.29, 0.717) is 28.8 Å². The third-order valence-electron chi connectivity index (χ3n) is 5.37. The van der Waals surface area contributed by atoms with Crippen molar-refractivity contribution in [3.05, 3.63) is 119 Å². The van der Waals surface area contributed by atoms with Gasteiger partial charge in [-0.25, -0.2) is 0 Å². The highest BCUT2D eigenvalue weighted by Gasteiger charge is 2.19. The number of hydrogen-bond donors (Lipinski definition) is 1. The molecule has 0 unspecified atom stereocenters. The van der Waals surface area contributed by atoms with E-state index in [1.54, 1.807) is 18.2 Å². The minimum atomic E-state index is -0.128. The summed E-state index contributed by atoms with van der Waals surface area (Å²) in [5.41, 5.74) is 2.69. The molecule has 0 heterocycles. The van der Waals surface area contributed by atoms with Crippen molar-refractivity contribution in [2.24, 2.45) is 0 Å². The zero-order valence-corrected chi connectivity index (χ0v) is 19.7. The van der Waals surface area contributed by atoms with Gasteiger partial charge in [0.05, 0.1) is 12.3 Å². The van der Waals surface area contributed by atoms with E-state index in [-0.39, 0.29) is 18.2 Å². The molecule has 4 nitrogen and oxygen atoms in total. The second-order valence-electron chi connectivity index (χ2n) is 7.77. The Balaban J connectivity index is 1.53. The number of amides is 1. The quantitative estimate of drug-likeness (QED) is 0.272. The maximum atomic E-state index is 13.2. The Hall–Kier alpha value is -3.76. The molecule has 0 spiro atoms. The topological polar surface area (TPSA) is 47.6 Å². The molecule has 5 heteroatoms. The van der Waals surface area contributed by atoms with Crippen LogP contribution in [0.25, 0.3) is 0 Å². The highest BCUT2D eigenvalue weighted by Crippen LogP contribution is 2.34. The van der Waals surface area contributed by atoms with Crippen molar-refractivity contribution in [3.8, 4) is 17.2 Å². The van der Waals surface area contributed by atoms with Crippen LogP contribution in [-0.2, 0) is 4.79 Å². The van der Waals surface area contributed by atoms with Crippen LogP contribution in [0.2, 0.25) is 5.02 Å². The molecular weight excluding hydrogens is 446 g/mol. The first-order chi connectivity index (χ1) is 16.6. The van der Waals surface area contributed by atoms with E-state index in [9.17, 15) is 4.79 Å². The lowest BCUT2D eigenvalue weighted by Crippen LogP contribution is -2.17. The summed E-state index contributed by atoms with van der Waals surface area (Å²) in [6.45, 7) is 2.54. The summed E-state index contributed by atoms with van der Waals surface area (Å²) in [7, 11) is 0. The lowest BCUT2D eigenvalue weighted by atomic mass is 9.88. The van der Waals surface area contributed by atoms with Crippen molar-refractivity contribution in [2.75, 3.05) is 11.9 Å². The van der Waals surface area contributed by atoms with Crippen molar-refractivity contribution in [3.63, 3.8) is 0 Å². The minimum absolute atomic E-state index is 0.0722. The summed E-state index contributed by atoms with van der Waals surface area (Å²) in [6, 6.07) is 32.6. The normalized spacial score (nSPS) is 10.7. The lowest BCUT2D eigenvalue weighted by molar-refractivity contribution is -0.116. The first-order valence-corrected chi connectivity index (χ1v) is 11.6. The molecule has 4 rings (SSSR count). The van der Waals surface area contributed by atoms with Gasteiger partial charge in [0.1, 0.15) is 11.5 Å². The van der Waals surface area contributed by atoms with Gasteiger partial charge in [0.25, 0.3) is 0 Å². The Morgan fingerprint density at radius 1 is 0.824 bits per heavy atom. The number of halogens is 1. The van der Waals surface area contributed by atoms with Gasteiger partial charge < -0.3 is 14.8 Å². The average Bonchev–Trinajstić information content (AvgIpc) is 2.86. The minimum Gasteiger partial charge on any atom is -0.494 e. The van der Waals surface area contributed by atoms with Crippen molar-refractivity contribution in [2.45, 2.75) is 19.3 Å². The second kappa shape index (κ2) is 11.4. The molecule has 0 aromatic heterocycles. The summed E-state index contributed by atoms with van der Waals surface area (Å²) in [4.78, 5) is 13.2. The predicted octanol–water partition coefficient (Wildman–Crippen LogP) is 7.69. The molecule has 34 heavy (non-hydrogen) atoms. The van der Waals surface area contributed by atoms with Gasteiger partial charge in [-0.15, -0.1) is 0 Å². The van der Waals surface area contributed by atoms with Gasteiger partial charge in [0.2, 0.25) is 5.91 Å². The van der Waals surface area contributed by atoms with E-state index < -0.39 is 0 Å². The lowest BCUT2D eigenvalue weighted by Gasteiger charge is -2.19. The molecule has 0 saturated carbocycles. The first kappa shape index (κ1) is 23.4. The Morgan fingerprint density at radius 3 is 2.00 bits per heavy atom. The van der Waals surface area contributed by atoms with Crippen LogP contribution in [0.5, 0.6) is 17.2 Å². The van der Waals surface area contributed by atoms with Crippen LogP contribution in [0.4, 0.5) is 5.69 Å². The van der Waals surface area contributed by atoms with E-state index in [0.717, 1.165) is 16.9 Å². The van der Waals surface area contributed by atoms with E-state index in [1.807, 2.05) is 91.9 Å². The maximum absolute atomic E-state index is 13.2. The molecule has 172 valence electrons. The van der Waals surface area contributed by atoms with Gasteiger partial charge in [-0.05, 0) is 60.5 Å². The fourth-order valence-electron chi connectivity index (χ4n) is 3.77. The molecule has 0 bridgehead atoms. The van der Waals surface area contributed by atoms with Gasteiger partial charge in [0, 0.05) is 17.4 Å². The molecule has 0 aliphatic carbocycles. The molecule has 0 aliphatic heterocycles. The number of anilines is 1. The van der Waals surface area contributed by atoms with Crippen LogP contribution >= 0.6 is 11.6 Å². The number of benzene rings is 4. The predicted molar refractivity (Wildman–Crippen MR) is 137 cm³/mol. The molecule has 1 amide bonds. The van der Waals surface area contributed by atoms with Crippen LogP contribution in [0, 0.1) is 0 Å². The number of carbonyl (C=O) groups is 1. The Morgan fingerprint density at radius 2 is 1.41 bits per heavy atom. The SMILES string of the molecule is CCOc1ccc(Oc2ccc(Cl)cc2NC(=O)CC(c2ccccc2)c2ccccc2)cc1. The van der Waals surface area contributed by atoms with E-state index in [2.05, 4.69) is 5.32 Å². The third kappa shape index (κ3) is 6.18. The van der Waals surface area contributed by atoms with E-state index >= 15 is 0 Å². The molecule has 4 aromatic carbocycles. The highest BCUT2D eigenvalue weighted by molar-refractivity contribution is 6.31. The largest absolute Gasteiger partial charge is 0.494 e. The van der Waals surface area contributed by atoms with Gasteiger partial charge in [0.15, 0.2) is 5.75 Å². The molecule has 0 saturated heterocycles. The molecule has 1 N–H and O–H groups in total. The molecule has 4 aromatic rings. The molecule has 0 fully saturated rings. The number of carbonyl (C=O) groups excluding carboxylic acids is 1. The van der Waals surface area contributed by atoms with Gasteiger partial charge >= 0.3 is 0 Å². The second-order valence-corrected chi connectivity index (χ2v) is 8.21. The Bertz CT molecular complexity index is 1170. The van der Waals surface area contributed by atoms with Crippen molar-refractivity contribution >= 4 is 23.2 Å². The average molecular weight is 472 g/mol. The fraction of sp³-hybridized carbons (Fsp3) is 0.138. The summed E-state index contributed by atoms with van der Waals surface area (Å²) in [5.74, 6) is 1.71. The number of ether oxygens (including phenoxy) is 2. The standard InChI is InChI=1S/C29H26ClNO3/c1-2-33-24-14-16-25(17-15-24)34-28-18-13-23(30)19-27(28)31-29(32)20-26(21-9-5-3-6-10-21)22-11-7-4-8-12-22/h3-19,26H,2,20H2,1H3,(H,31,32). The number of nitrogens with one attached hydrogen (secondary N) is 1. The van der Waals surface area contributed by atoms with Gasteiger partial charge in [-0.3, -0.25) is 4.79 Å². The molecule has 0 atom stereocenters. The molecule has 0 aliphatic rings. The van der Waals surface area contributed by atoms with Crippen molar-refractivity contribution < 1.29 is 14.3 Å². The van der Waals surface area contributed by atoms with Gasteiger partial charge in [-0.1, -0.05) is 72.3 Å². The van der Waals surface area contributed by atoms with E-state index in [4.69, 9.17) is 21.1 Å². The smallest absolute Gasteiger partial charge is 0.225 e. The summed E-state index contributed by atoms with van der Waals surface area (Å²) in [5, 5.41) is 3.51.